The van der Waals surface area contributed by atoms with E-state index >= 15 is 0 Å². The second-order valence-electron chi connectivity index (χ2n) is 4.08. The second-order valence-corrected chi connectivity index (χ2v) is 4.49. The first-order chi connectivity index (χ1) is 7.68. The summed E-state index contributed by atoms with van der Waals surface area (Å²) in [5.41, 5.74) is 1.83. The highest BCUT2D eigenvalue weighted by Gasteiger charge is 2.30. The Morgan fingerprint density at radius 2 is 2.31 bits per heavy atom. The number of hydrogen-bond donors (Lipinski definition) is 1. The molecule has 0 fully saturated rings. The van der Waals surface area contributed by atoms with Crippen LogP contribution in [0.15, 0.2) is 24.3 Å². The van der Waals surface area contributed by atoms with Crippen molar-refractivity contribution in [3.8, 4) is 0 Å². The van der Waals surface area contributed by atoms with Crippen LogP contribution in [0.1, 0.15) is 18.0 Å². The Balaban J connectivity index is 2.29. The third-order valence-electron chi connectivity index (χ3n) is 3.20. The van der Waals surface area contributed by atoms with Crippen molar-refractivity contribution in [1.82, 2.24) is 4.57 Å². The summed E-state index contributed by atoms with van der Waals surface area (Å²) in [6.07, 6.45) is 0.659. The fourth-order valence-corrected chi connectivity index (χ4v) is 2.77. The number of aromatic nitrogens is 1. The van der Waals surface area contributed by atoms with Crippen LogP contribution in [0.4, 0.5) is 0 Å². The topological polar surface area (TPSA) is 42.2 Å². The van der Waals surface area contributed by atoms with Gasteiger partial charge in [0.25, 0.3) is 0 Å². The smallest absolute Gasteiger partial charge is 0.312 e. The lowest BCUT2D eigenvalue weighted by atomic mass is 10.1. The van der Waals surface area contributed by atoms with Gasteiger partial charge in [-0.05, 0) is 18.6 Å². The maximum Gasteiger partial charge on any atom is 0.312 e. The number of aliphatic carboxylic acids is 1. The van der Waals surface area contributed by atoms with Crippen molar-refractivity contribution in [3.05, 3.63) is 35.0 Å². The molecule has 1 aromatic carbocycles. The molecule has 82 valence electrons. The van der Waals surface area contributed by atoms with E-state index in [1.165, 1.54) is 0 Å². The monoisotopic (exact) mass is 235 g/mol. The minimum Gasteiger partial charge on any atom is -0.481 e. The Kier molecular flexibility index (Phi) is 1.98. The summed E-state index contributed by atoms with van der Waals surface area (Å²) >= 11 is 6.14. The molecule has 0 spiro atoms. The quantitative estimate of drug-likeness (QED) is 0.826. The Labute approximate surface area is 97.2 Å². The molecule has 1 atom stereocenters. The van der Waals surface area contributed by atoms with Crippen LogP contribution in [0.5, 0.6) is 0 Å². The minimum atomic E-state index is -0.752. The van der Waals surface area contributed by atoms with Gasteiger partial charge in [-0.1, -0.05) is 23.7 Å². The van der Waals surface area contributed by atoms with Gasteiger partial charge in [0.15, 0.2) is 0 Å². The van der Waals surface area contributed by atoms with Crippen LogP contribution < -0.4 is 0 Å². The molecule has 0 aliphatic carbocycles. The number of carboxylic acids is 1. The summed E-state index contributed by atoms with van der Waals surface area (Å²) in [5, 5.41) is 10.8. The highest BCUT2D eigenvalue weighted by molar-refractivity contribution is 6.35. The molecule has 4 heteroatoms. The summed E-state index contributed by atoms with van der Waals surface area (Å²) in [6.45, 7) is 0.736. The number of carbonyl (C=O) groups is 1. The Morgan fingerprint density at radius 1 is 1.50 bits per heavy atom. The number of fused-ring (bicyclic) bond motifs is 3. The van der Waals surface area contributed by atoms with Crippen LogP contribution in [-0.2, 0) is 11.3 Å². The van der Waals surface area contributed by atoms with Crippen molar-refractivity contribution in [3.63, 3.8) is 0 Å². The average molecular weight is 236 g/mol. The molecule has 0 saturated carbocycles. The summed E-state index contributed by atoms with van der Waals surface area (Å²) in [4.78, 5) is 11.1. The zero-order chi connectivity index (χ0) is 11.3. The molecule has 1 aromatic heterocycles. The van der Waals surface area contributed by atoms with Crippen molar-refractivity contribution >= 4 is 28.5 Å². The molecule has 1 unspecified atom stereocenters. The Bertz CT molecular complexity index is 588. The maximum absolute atomic E-state index is 11.1. The average Bonchev–Trinajstić information content (AvgIpc) is 2.74. The predicted octanol–water partition coefficient (Wildman–Crippen LogP) is 2.87. The van der Waals surface area contributed by atoms with E-state index in [2.05, 4.69) is 0 Å². The molecule has 16 heavy (non-hydrogen) atoms. The largest absolute Gasteiger partial charge is 0.481 e. The van der Waals surface area contributed by atoms with Crippen LogP contribution >= 0.6 is 11.6 Å². The molecule has 2 aromatic rings. The van der Waals surface area contributed by atoms with Crippen molar-refractivity contribution in [2.45, 2.75) is 18.9 Å². The van der Waals surface area contributed by atoms with Gasteiger partial charge in [0.1, 0.15) is 0 Å². The second kappa shape index (κ2) is 3.25. The molecule has 0 bridgehead atoms. The van der Waals surface area contributed by atoms with E-state index in [9.17, 15) is 4.79 Å². The zero-order valence-electron chi connectivity index (χ0n) is 8.48. The number of benzene rings is 1. The number of nitrogens with zero attached hydrogens (tertiary/aromatic N) is 1. The normalized spacial score (nSPS) is 18.9. The number of halogens is 1. The lowest BCUT2D eigenvalue weighted by molar-refractivity contribution is -0.138. The van der Waals surface area contributed by atoms with Gasteiger partial charge in [-0.15, -0.1) is 0 Å². The molecule has 1 aliphatic heterocycles. The molecule has 2 heterocycles. The first-order valence-corrected chi connectivity index (χ1v) is 5.57. The SMILES string of the molecule is O=C(O)C1CCn2c1cc1cccc(Cl)c12. The molecular formula is C12H10ClNO2. The van der Waals surface area contributed by atoms with E-state index < -0.39 is 5.97 Å². The van der Waals surface area contributed by atoms with Crippen LogP contribution in [0.3, 0.4) is 0 Å². The van der Waals surface area contributed by atoms with Gasteiger partial charge < -0.3 is 9.67 Å². The van der Waals surface area contributed by atoms with Gasteiger partial charge in [-0.3, -0.25) is 4.79 Å². The van der Waals surface area contributed by atoms with Gasteiger partial charge in [-0.2, -0.15) is 0 Å². The van der Waals surface area contributed by atoms with Gasteiger partial charge in [-0.25, -0.2) is 0 Å². The van der Waals surface area contributed by atoms with Crippen LogP contribution in [0, 0.1) is 0 Å². The van der Waals surface area contributed by atoms with Gasteiger partial charge in [0.2, 0.25) is 0 Å². The first kappa shape index (κ1) is 9.73. The van der Waals surface area contributed by atoms with Crippen molar-refractivity contribution in [2.75, 3.05) is 0 Å². The zero-order valence-corrected chi connectivity index (χ0v) is 9.24. The molecule has 1 N–H and O–H groups in total. The van der Waals surface area contributed by atoms with Crippen LogP contribution in [-0.4, -0.2) is 15.6 Å². The summed E-state index contributed by atoms with van der Waals surface area (Å²) in [5.74, 6) is -1.14. The number of aryl methyl sites for hydroxylation is 1. The van der Waals surface area contributed by atoms with Gasteiger partial charge in [0.05, 0.1) is 16.5 Å². The molecule has 0 saturated heterocycles. The highest BCUT2D eigenvalue weighted by Crippen LogP contribution is 2.36. The summed E-state index contributed by atoms with van der Waals surface area (Å²) in [7, 11) is 0. The van der Waals surface area contributed by atoms with E-state index in [1.807, 2.05) is 28.8 Å². The van der Waals surface area contributed by atoms with Crippen molar-refractivity contribution in [1.29, 1.82) is 0 Å². The number of para-hydroxylation sites is 1. The summed E-state index contributed by atoms with van der Waals surface area (Å²) in [6, 6.07) is 7.62. The lowest BCUT2D eigenvalue weighted by Crippen LogP contribution is -2.07. The van der Waals surface area contributed by atoms with Crippen molar-refractivity contribution < 1.29 is 9.90 Å². The van der Waals surface area contributed by atoms with Crippen molar-refractivity contribution in [2.24, 2.45) is 0 Å². The lowest BCUT2D eigenvalue weighted by Gasteiger charge is -2.01. The molecule has 0 radical (unpaired) electrons. The van der Waals surface area contributed by atoms with E-state index in [4.69, 9.17) is 16.7 Å². The number of rotatable bonds is 1. The first-order valence-electron chi connectivity index (χ1n) is 5.19. The van der Waals surface area contributed by atoms with Gasteiger partial charge >= 0.3 is 5.97 Å². The van der Waals surface area contributed by atoms with E-state index in [0.29, 0.717) is 11.4 Å². The third-order valence-corrected chi connectivity index (χ3v) is 3.50. The standard InChI is InChI=1S/C12H10ClNO2/c13-9-3-1-2-7-6-10-8(12(15)16)4-5-14(10)11(7)9/h1-3,6,8H,4-5H2,(H,15,16). The number of hydrogen-bond acceptors (Lipinski definition) is 1. The van der Waals surface area contributed by atoms with Gasteiger partial charge in [0, 0.05) is 17.6 Å². The molecule has 3 nitrogen and oxygen atoms in total. The van der Waals surface area contributed by atoms with E-state index in [0.717, 1.165) is 23.1 Å². The van der Waals surface area contributed by atoms with Crippen LogP contribution in [0.2, 0.25) is 5.02 Å². The summed E-state index contributed by atoms with van der Waals surface area (Å²) < 4.78 is 2.02. The van der Waals surface area contributed by atoms with E-state index in [1.54, 1.807) is 0 Å². The fourth-order valence-electron chi connectivity index (χ4n) is 2.49. The molecule has 1 aliphatic rings. The molecule has 3 rings (SSSR count). The Morgan fingerprint density at radius 3 is 3.06 bits per heavy atom. The highest BCUT2D eigenvalue weighted by atomic mass is 35.5. The maximum atomic E-state index is 11.1. The molecule has 0 amide bonds. The fraction of sp³-hybridized carbons (Fsp3) is 0.250. The number of carboxylic acid groups (broad SMARTS) is 1. The van der Waals surface area contributed by atoms with Crippen LogP contribution in [0.25, 0.3) is 10.9 Å². The Hall–Kier alpha value is -1.48. The minimum absolute atomic E-state index is 0.386. The van der Waals surface area contributed by atoms with E-state index in [-0.39, 0.29) is 5.92 Å². The third kappa shape index (κ3) is 1.18. The molecular weight excluding hydrogens is 226 g/mol. The predicted molar refractivity (Wildman–Crippen MR) is 61.9 cm³/mol.